The number of aromatic nitrogens is 2. The van der Waals surface area contributed by atoms with Crippen LogP contribution in [0.2, 0.25) is 0 Å². The first-order valence-electron chi connectivity index (χ1n) is 6.76. The highest BCUT2D eigenvalue weighted by molar-refractivity contribution is 5.94. The van der Waals surface area contributed by atoms with Crippen LogP contribution in [0.25, 0.3) is 10.9 Å². The van der Waals surface area contributed by atoms with Gasteiger partial charge in [-0.25, -0.2) is 0 Å². The normalized spacial score (nSPS) is 16.6. The Kier molecular flexibility index (Phi) is 3.46. The molecule has 2 heterocycles. The summed E-state index contributed by atoms with van der Waals surface area (Å²) in [4.78, 5) is 14.2. The number of fused-ring (bicyclic) bond motifs is 1. The minimum Gasteiger partial charge on any atom is -0.325 e. The zero-order valence-electron chi connectivity index (χ0n) is 10.9. The average molecular weight is 258 g/mol. The van der Waals surface area contributed by atoms with Gasteiger partial charge in [0.2, 0.25) is 5.91 Å². The smallest absolute Gasteiger partial charge is 0.238 e. The molecule has 19 heavy (non-hydrogen) atoms. The van der Waals surface area contributed by atoms with Gasteiger partial charge in [0.15, 0.2) is 0 Å². The largest absolute Gasteiger partial charge is 0.325 e. The van der Waals surface area contributed by atoms with Crippen LogP contribution in [0.15, 0.2) is 24.4 Å². The van der Waals surface area contributed by atoms with Crippen LogP contribution in [-0.2, 0) is 4.79 Å². The van der Waals surface area contributed by atoms with Gasteiger partial charge in [-0.1, -0.05) is 6.42 Å². The van der Waals surface area contributed by atoms with E-state index in [1.165, 1.54) is 19.3 Å². The van der Waals surface area contributed by atoms with E-state index < -0.39 is 0 Å². The molecule has 1 saturated heterocycles. The minimum absolute atomic E-state index is 0.0599. The molecule has 1 aromatic heterocycles. The monoisotopic (exact) mass is 258 g/mol. The number of amides is 1. The van der Waals surface area contributed by atoms with Crippen LogP contribution >= 0.6 is 0 Å². The van der Waals surface area contributed by atoms with E-state index in [0.29, 0.717) is 6.54 Å². The Morgan fingerprint density at radius 2 is 2.16 bits per heavy atom. The van der Waals surface area contributed by atoms with Crippen LogP contribution in [0.1, 0.15) is 19.3 Å². The van der Waals surface area contributed by atoms with Crippen molar-refractivity contribution in [2.45, 2.75) is 19.3 Å². The standard InChI is InChI=1S/C14H18N4O/c19-14(10-18-6-2-1-3-7-18)16-12-4-5-13-11(8-12)9-15-17-13/h4-5,8-9H,1-3,6-7,10H2,(H,15,17)(H,16,19). The molecule has 5 nitrogen and oxygen atoms in total. The predicted molar refractivity (Wildman–Crippen MR) is 75.0 cm³/mol. The third-order valence-electron chi connectivity index (χ3n) is 3.54. The van der Waals surface area contributed by atoms with Gasteiger partial charge in [-0.05, 0) is 44.1 Å². The number of hydrogen-bond donors (Lipinski definition) is 2. The van der Waals surface area contributed by atoms with Crippen molar-refractivity contribution in [1.29, 1.82) is 0 Å². The molecule has 0 bridgehead atoms. The Balaban J connectivity index is 1.61. The van der Waals surface area contributed by atoms with Crippen LogP contribution in [0, 0.1) is 0 Å². The molecule has 0 radical (unpaired) electrons. The number of carbonyl (C=O) groups is 1. The maximum absolute atomic E-state index is 12.0. The number of piperidine rings is 1. The summed E-state index contributed by atoms with van der Waals surface area (Å²) in [6.07, 6.45) is 5.45. The Bertz CT molecular complexity index is 572. The van der Waals surface area contributed by atoms with Crippen molar-refractivity contribution in [3.05, 3.63) is 24.4 Å². The number of rotatable bonds is 3. The SMILES string of the molecule is O=C(CN1CCCCC1)Nc1ccc2[nH]ncc2c1. The van der Waals surface area contributed by atoms with E-state index in [9.17, 15) is 4.79 Å². The summed E-state index contributed by atoms with van der Waals surface area (Å²) in [5.74, 6) is 0.0599. The zero-order chi connectivity index (χ0) is 13.1. The van der Waals surface area contributed by atoms with Crippen LogP contribution in [-0.4, -0.2) is 40.6 Å². The second kappa shape index (κ2) is 5.40. The summed E-state index contributed by atoms with van der Waals surface area (Å²) in [7, 11) is 0. The molecule has 0 saturated carbocycles. The lowest BCUT2D eigenvalue weighted by molar-refractivity contribution is -0.117. The highest BCUT2D eigenvalue weighted by Crippen LogP contribution is 2.16. The summed E-state index contributed by atoms with van der Waals surface area (Å²) in [5, 5.41) is 10.8. The first kappa shape index (κ1) is 12.2. The first-order chi connectivity index (χ1) is 9.31. The molecule has 2 aromatic rings. The van der Waals surface area contributed by atoms with Gasteiger partial charge in [0.25, 0.3) is 0 Å². The Labute approximate surface area is 112 Å². The van der Waals surface area contributed by atoms with E-state index in [-0.39, 0.29) is 5.91 Å². The number of aromatic amines is 1. The van der Waals surface area contributed by atoms with Gasteiger partial charge in [-0.2, -0.15) is 5.10 Å². The van der Waals surface area contributed by atoms with Gasteiger partial charge >= 0.3 is 0 Å². The van der Waals surface area contributed by atoms with Crippen molar-refractivity contribution in [1.82, 2.24) is 15.1 Å². The molecule has 3 rings (SSSR count). The molecule has 0 aliphatic carbocycles. The lowest BCUT2D eigenvalue weighted by Crippen LogP contribution is -2.36. The van der Waals surface area contributed by atoms with Crippen molar-refractivity contribution < 1.29 is 4.79 Å². The van der Waals surface area contributed by atoms with E-state index in [1.54, 1.807) is 6.20 Å². The summed E-state index contributed by atoms with van der Waals surface area (Å²) < 4.78 is 0. The van der Waals surface area contributed by atoms with Crippen LogP contribution < -0.4 is 5.32 Å². The topological polar surface area (TPSA) is 61.0 Å². The van der Waals surface area contributed by atoms with E-state index in [1.807, 2.05) is 18.2 Å². The molecule has 0 spiro atoms. The maximum Gasteiger partial charge on any atom is 0.238 e. The maximum atomic E-state index is 12.0. The second-order valence-corrected chi connectivity index (χ2v) is 5.06. The fourth-order valence-corrected chi connectivity index (χ4v) is 2.54. The van der Waals surface area contributed by atoms with Crippen molar-refractivity contribution in [3.8, 4) is 0 Å². The van der Waals surface area contributed by atoms with Crippen LogP contribution in [0.4, 0.5) is 5.69 Å². The quantitative estimate of drug-likeness (QED) is 0.885. The number of anilines is 1. The van der Waals surface area contributed by atoms with Gasteiger partial charge in [0.05, 0.1) is 18.3 Å². The number of nitrogens with one attached hydrogen (secondary N) is 2. The van der Waals surface area contributed by atoms with Gasteiger partial charge in [0, 0.05) is 11.1 Å². The number of H-pyrrole nitrogens is 1. The van der Waals surface area contributed by atoms with E-state index in [2.05, 4.69) is 20.4 Å². The van der Waals surface area contributed by atoms with E-state index in [4.69, 9.17) is 0 Å². The van der Waals surface area contributed by atoms with Crippen LogP contribution in [0.3, 0.4) is 0 Å². The highest BCUT2D eigenvalue weighted by atomic mass is 16.2. The average Bonchev–Trinajstić information content (AvgIpc) is 2.87. The predicted octanol–water partition coefficient (Wildman–Crippen LogP) is 1.99. The molecule has 1 aliphatic rings. The summed E-state index contributed by atoms with van der Waals surface area (Å²) in [6, 6.07) is 5.76. The fraction of sp³-hybridized carbons (Fsp3) is 0.429. The summed E-state index contributed by atoms with van der Waals surface area (Å²) in [6.45, 7) is 2.56. The molecule has 0 unspecified atom stereocenters. The number of carbonyl (C=O) groups excluding carboxylic acids is 1. The van der Waals surface area contributed by atoms with Crippen molar-refractivity contribution in [2.75, 3.05) is 25.0 Å². The third-order valence-corrected chi connectivity index (χ3v) is 3.54. The van der Waals surface area contributed by atoms with Crippen molar-refractivity contribution in [3.63, 3.8) is 0 Å². The number of likely N-dealkylation sites (tertiary alicyclic amines) is 1. The molecule has 2 N–H and O–H groups in total. The molecule has 1 fully saturated rings. The van der Waals surface area contributed by atoms with E-state index >= 15 is 0 Å². The molecule has 1 aromatic carbocycles. The lowest BCUT2D eigenvalue weighted by atomic mass is 10.1. The minimum atomic E-state index is 0.0599. The molecular formula is C14H18N4O. The lowest BCUT2D eigenvalue weighted by Gasteiger charge is -2.25. The molecule has 1 amide bonds. The molecule has 0 atom stereocenters. The summed E-state index contributed by atoms with van der Waals surface area (Å²) in [5.41, 5.74) is 1.81. The fourth-order valence-electron chi connectivity index (χ4n) is 2.54. The number of nitrogens with zero attached hydrogens (tertiary/aromatic N) is 2. The van der Waals surface area contributed by atoms with Gasteiger partial charge in [-0.15, -0.1) is 0 Å². The van der Waals surface area contributed by atoms with E-state index in [0.717, 1.165) is 29.7 Å². The van der Waals surface area contributed by atoms with Gasteiger partial charge in [-0.3, -0.25) is 14.8 Å². The Morgan fingerprint density at radius 3 is 3.00 bits per heavy atom. The van der Waals surface area contributed by atoms with Gasteiger partial charge < -0.3 is 5.32 Å². The second-order valence-electron chi connectivity index (χ2n) is 5.06. The highest BCUT2D eigenvalue weighted by Gasteiger charge is 2.13. The Morgan fingerprint density at radius 1 is 1.32 bits per heavy atom. The third kappa shape index (κ3) is 2.93. The molecule has 1 aliphatic heterocycles. The van der Waals surface area contributed by atoms with Crippen molar-refractivity contribution in [2.24, 2.45) is 0 Å². The van der Waals surface area contributed by atoms with Crippen molar-refractivity contribution >= 4 is 22.5 Å². The van der Waals surface area contributed by atoms with Crippen LogP contribution in [0.5, 0.6) is 0 Å². The first-order valence-corrected chi connectivity index (χ1v) is 6.76. The Hall–Kier alpha value is -1.88. The molecule has 5 heteroatoms. The number of hydrogen-bond acceptors (Lipinski definition) is 3. The summed E-state index contributed by atoms with van der Waals surface area (Å²) >= 11 is 0. The molecule has 100 valence electrons. The molecular weight excluding hydrogens is 240 g/mol. The zero-order valence-corrected chi connectivity index (χ0v) is 10.9. The van der Waals surface area contributed by atoms with Gasteiger partial charge in [0.1, 0.15) is 0 Å². The number of benzene rings is 1.